The van der Waals surface area contributed by atoms with Crippen LogP contribution in [0.4, 0.5) is 10.5 Å². The molecule has 10 heteroatoms. The van der Waals surface area contributed by atoms with Gasteiger partial charge in [0.2, 0.25) is 0 Å². The van der Waals surface area contributed by atoms with Crippen molar-refractivity contribution < 1.29 is 22.9 Å². The summed E-state index contributed by atoms with van der Waals surface area (Å²) >= 11 is 0. The molecule has 44 heavy (non-hydrogen) atoms. The van der Waals surface area contributed by atoms with E-state index in [4.69, 9.17) is 4.74 Å². The first kappa shape index (κ1) is 32.9. The fourth-order valence-electron chi connectivity index (χ4n) is 5.76. The molecule has 9 nitrogen and oxygen atoms in total. The molecule has 2 atom stereocenters. The van der Waals surface area contributed by atoms with E-state index >= 15 is 0 Å². The van der Waals surface area contributed by atoms with Gasteiger partial charge in [0, 0.05) is 37.8 Å². The molecule has 3 aromatic rings. The van der Waals surface area contributed by atoms with Gasteiger partial charge < -0.3 is 14.5 Å². The SMILES string of the molecule is C=CCN(C(=O)OCc1ccc([N+](=O)[O-])cc1)C1CCN(CC[C@@H](C[C@H](C)S(=O)(=O)c2ccccc2)c2ccccc2)CC1. The van der Waals surface area contributed by atoms with Gasteiger partial charge in [0.05, 0.1) is 15.1 Å². The third kappa shape index (κ3) is 8.76. The standard InChI is InChI=1S/C34H41N3O6S/c1-3-21-36(34(38)43-26-28-14-16-32(17-15-28)37(39)40)31-19-23-35(24-20-31)22-18-30(29-10-6-4-7-11-29)25-27(2)44(41,42)33-12-8-5-9-13-33/h3-17,27,30-31H,1,18-26H2,2H3/t27-,30-/m0/s1. The number of piperidine rings is 1. The smallest absolute Gasteiger partial charge is 0.410 e. The highest BCUT2D eigenvalue weighted by atomic mass is 32.2. The zero-order chi connectivity index (χ0) is 31.5. The summed E-state index contributed by atoms with van der Waals surface area (Å²) in [6.07, 6.45) is 4.20. The Hall–Kier alpha value is -4.02. The Morgan fingerprint density at radius 3 is 2.25 bits per heavy atom. The van der Waals surface area contributed by atoms with Gasteiger partial charge in [-0.25, -0.2) is 13.2 Å². The van der Waals surface area contributed by atoms with E-state index < -0.39 is 26.1 Å². The second kappa shape index (κ2) is 15.6. The van der Waals surface area contributed by atoms with Gasteiger partial charge in [-0.05, 0) is 80.5 Å². The van der Waals surface area contributed by atoms with Crippen LogP contribution in [0.5, 0.6) is 0 Å². The molecular formula is C34H41N3O6S. The van der Waals surface area contributed by atoms with E-state index in [-0.39, 0.29) is 24.3 Å². The lowest BCUT2D eigenvalue weighted by atomic mass is 9.90. The van der Waals surface area contributed by atoms with Crippen molar-refractivity contribution >= 4 is 21.6 Å². The second-order valence-corrected chi connectivity index (χ2v) is 13.7. The minimum absolute atomic E-state index is 0.00886. The Balaban J connectivity index is 1.32. The molecule has 0 N–H and O–H groups in total. The van der Waals surface area contributed by atoms with Crippen molar-refractivity contribution in [3.63, 3.8) is 0 Å². The molecule has 1 aliphatic rings. The number of carbonyl (C=O) groups excluding carboxylic acids is 1. The molecule has 1 fully saturated rings. The number of non-ortho nitro benzene ring substituents is 1. The Kier molecular flexibility index (Phi) is 11.7. The minimum atomic E-state index is -3.44. The van der Waals surface area contributed by atoms with Crippen molar-refractivity contribution in [3.8, 4) is 0 Å². The molecule has 0 aromatic heterocycles. The van der Waals surface area contributed by atoms with E-state index in [1.165, 1.54) is 12.1 Å². The summed E-state index contributed by atoms with van der Waals surface area (Å²) in [7, 11) is -3.44. The highest BCUT2D eigenvalue weighted by Crippen LogP contribution is 2.30. The molecule has 0 unspecified atom stereocenters. The van der Waals surface area contributed by atoms with Gasteiger partial charge in [-0.15, -0.1) is 6.58 Å². The number of nitrogens with zero attached hydrogens (tertiary/aromatic N) is 3. The van der Waals surface area contributed by atoms with Crippen molar-refractivity contribution in [2.24, 2.45) is 0 Å². The quantitative estimate of drug-likeness (QED) is 0.113. The van der Waals surface area contributed by atoms with E-state index in [1.807, 2.05) is 24.3 Å². The number of sulfone groups is 1. The molecule has 1 saturated heterocycles. The molecule has 4 rings (SSSR count). The number of nitro benzene ring substituents is 1. The van der Waals surface area contributed by atoms with Crippen LogP contribution >= 0.6 is 0 Å². The van der Waals surface area contributed by atoms with E-state index in [9.17, 15) is 23.3 Å². The number of carbonyl (C=O) groups is 1. The van der Waals surface area contributed by atoms with E-state index in [1.54, 1.807) is 54.3 Å². The molecule has 0 bridgehead atoms. The molecule has 1 aliphatic heterocycles. The number of amides is 1. The van der Waals surface area contributed by atoms with Crippen LogP contribution in [0.15, 0.2) is 102 Å². The highest BCUT2D eigenvalue weighted by Gasteiger charge is 2.30. The summed E-state index contributed by atoms with van der Waals surface area (Å²) in [5.74, 6) is 0.0917. The lowest BCUT2D eigenvalue weighted by molar-refractivity contribution is -0.384. The Labute approximate surface area is 260 Å². The molecule has 3 aromatic carbocycles. The van der Waals surface area contributed by atoms with Crippen LogP contribution in [-0.2, 0) is 21.2 Å². The topological polar surface area (TPSA) is 110 Å². The third-order valence-electron chi connectivity index (χ3n) is 8.35. The maximum Gasteiger partial charge on any atom is 0.410 e. The van der Waals surface area contributed by atoms with Crippen molar-refractivity contribution in [3.05, 3.63) is 119 Å². The first-order valence-corrected chi connectivity index (χ1v) is 16.6. The van der Waals surface area contributed by atoms with Gasteiger partial charge in [0.15, 0.2) is 9.84 Å². The summed E-state index contributed by atoms with van der Waals surface area (Å²) in [5.41, 5.74) is 1.81. The molecule has 0 saturated carbocycles. The maximum absolute atomic E-state index is 13.3. The number of rotatable bonds is 14. The normalized spacial score (nSPS) is 15.7. The Morgan fingerprint density at radius 2 is 1.66 bits per heavy atom. The van der Waals surface area contributed by atoms with Crippen LogP contribution in [0, 0.1) is 10.1 Å². The van der Waals surface area contributed by atoms with Crippen molar-refractivity contribution in [1.29, 1.82) is 0 Å². The zero-order valence-electron chi connectivity index (χ0n) is 25.2. The monoisotopic (exact) mass is 619 g/mol. The van der Waals surface area contributed by atoms with Crippen LogP contribution in [-0.4, -0.2) is 66.7 Å². The largest absolute Gasteiger partial charge is 0.445 e. The van der Waals surface area contributed by atoms with Crippen LogP contribution in [0.1, 0.15) is 49.7 Å². The molecule has 234 valence electrons. The van der Waals surface area contributed by atoms with Gasteiger partial charge in [-0.1, -0.05) is 54.6 Å². The number of benzene rings is 3. The van der Waals surface area contributed by atoms with E-state index in [0.29, 0.717) is 23.4 Å². The lowest BCUT2D eigenvalue weighted by Crippen LogP contribution is -2.47. The molecule has 0 aliphatic carbocycles. The van der Waals surface area contributed by atoms with Crippen LogP contribution in [0.3, 0.4) is 0 Å². The summed E-state index contributed by atoms with van der Waals surface area (Å²) < 4.78 is 32.1. The number of ether oxygens (including phenoxy) is 1. The lowest BCUT2D eigenvalue weighted by Gasteiger charge is -2.38. The fourth-order valence-corrected chi connectivity index (χ4v) is 7.25. The van der Waals surface area contributed by atoms with Crippen molar-refractivity contribution in [1.82, 2.24) is 9.80 Å². The molecule has 0 radical (unpaired) electrons. The Morgan fingerprint density at radius 1 is 1.05 bits per heavy atom. The van der Waals surface area contributed by atoms with Crippen LogP contribution in [0.25, 0.3) is 0 Å². The van der Waals surface area contributed by atoms with Crippen LogP contribution < -0.4 is 0 Å². The number of hydrogen-bond acceptors (Lipinski definition) is 7. The number of likely N-dealkylation sites (tertiary alicyclic amines) is 1. The fraction of sp³-hybridized carbons (Fsp3) is 0.382. The van der Waals surface area contributed by atoms with Crippen LogP contribution in [0.2, 0.25) is 0 Å². The maximum atomic E-state index is 13.3. The van der Waals surface area contributed by atoms with E-state index in [0.717, 1.165) is 44.5 Å². The van der Waals surface area contributed by atoms with Gasteiger partial charge in [0.25, 0.3) is 5.69 Å². The summed E-state index contributed by atoms with van der Waals surface area (Å²) in [6, 6.07) is 24.8. The predicted octanol–water partition coefficient (Wildman–Crippen LogP) is 6.61. The first-order valence-electron chi connectivity index (χ1n) is 15.0. The summed E-state index contributed by atoms with van der Waals surface area (Å²) in [6.45, 7) is 8.47. The summed E-state index contributed by atoms with van der Waals surface area (Å²) in [4.78, 5) is 27.9. The average Bonchev–Trinajstić information content (AvgIpc) is 3.05. The van der Waals surface area contributed by atoms with Crippen molar-refractivity contribution in [2.45, 2.75) is 61.3 Å². The van der Waals surface area contributed by atoms with Crippen molar-refractivity contribution in [2.75, 3.05) is 26.2 Å². The number of nitro groups is 1. The van der Waals surface area contributed by atoms with Gasteiger partial charge >= 0.3 is 6.09 Å². The Bertz CT molecular complexity index is 1470. The third-order valence-corrected chi connectivity index (χ3v) is 10.5. The summed E-state index contributed by atoms with van der Waals surface area (Å²) in [5, 5.41) is 10.4. The van der Waals surface area contributed by atoms with Gasteiger partial charge in [-0.3, -0.25) is 10.1 Å². The number of hydrogen-bond donors (Lipinski definition) is 0. The molecule has 0 spiro atoms. The predicted molar refractivity (Wildman–Crippen MR) is 171 cm³/mol. The highest BCUT2D eigenvalue weighted by molar-refractivity contribution is 7.92. The van der Waals surface area contributed by atoms with Gasteiger partial charge in [0.1, 0.15) is 6.61 Å². The molecular weight excluding hydrogens is 578 g/mol. The first-order chi connectivity index (χ1) is 21.2. The molecule has 1 heterocycles. The van der Waals surface area contributed by atoms with E-state index in [2.05, 4.69) is 23.6 Å². The van der Waals surface area contributed by atoms with Gasteiger partial charge in [-0.2, -0.15) is 0 Å². The molecule has 1 amide bonds. The average molecular weight is 620 g/mol. The zero-order valence-corrected chi connectivity index (χ0v) is 26.0. The second-order valence-electron chi connectivity index (χ2n) is 11.3. The minimum Gasteiger partial charge on any atom is -0.445 e.